The van der Waals surface area contributed by atoms with E-state index < -0.39 is 0 Å². The number of carbonyl (C=O) groups is 1. The number of nitrogen functional groups attached to an aromatic ring is 1. The van der Waals surface area contributed by atoms with Gasteiger partial charge in [0.1, 0.15) is 0 Å². The third-order valence-electron chi connectivity index (χ3n) is 4.51. The number of methoxy groups -OCH3 is 1. The van der Waals surface area contributed by atoms with Crippen molar-refractivity contribution >= 4 is 17.3 Å². The Labute approximate surface area is 127 Å². The minimum Gasteiger partial charge on any atom is -0.465 e. The summed E-state index contributed by atoms with van der Waals surface area (Å²) in [4.78, 5) is 13.9. The van der Waals surface area contributed by atoms with Gasteiger partial charge in [-0.1, -0.05) is 20.8 Å². The van der Waals surface area contributed by atoms with Gasteiger partial charge in [0.15, 0.2) is 0 Å². The number of ether oxygens (including phenoxy) is 1. The molecule has 1 fully saturated rings. The molecule has 1 saturated heterocycles. The maximum Gasteiger partial charge on any atom is 0.337 e. The summed E-state index contributed by atoms with van der Waals surface area (Å²) in [6.45, 7) is 8.88. The lowest BCUT2D eigenvalue weighted by atomic mass is 9.75. The molecule has 0 radical (unpaired) electrons. The van der Waals surface area contributed by atoms with Gasteiger partial charge in [0, 0.05) is 13.1 Å². The van der Waals surface area contributed by atoms with Crippen molar-refractivity contribution in [2.75, 3.05) is 30.8 Å². The SMILES string of the molecule is COC(=O)c1ccc(N)c(N2CCC(C(C)(C)C)CC2)c1. The zero-order chi connectivity index (χ0) is 15.6. The third-order valence-corrected chi connectivity index (χ3v) is 4.51. The van der Waals surface area contributed by atoms with Gasteiger partial charge in [0.2, 0.25) is 0 Å². The zero-order valence-corrected chi connectivity index (χ0v) is 13.5. The van der Waals surface area contributed by atoms with Crippen LogP contribution in [0.5, 0.6) is 0 Å². The predicted molar refractivity (Wildman–Crippen MR) is 86.6 cm³/mol. The van der Waals surface area contributed by atoms with Crippen molar-refractivity contribution < 1.29 is 9.53 Å². The van der Waals surface area contributed by atoms with Crippen molar-refractivity contribution in [2.24, 2.45) is 11.3 Å². The fourth-order valence-electron chi connectivity index (χ4n) is 3.05. The summed E-state index contributed by atoms with van der Waals surface area (Å²) in [6.07, 6.45) is 2.32. The average molecular weight is 290 g/mol. The number of nitrogens with two attached hydrogens (primary N) is 1. The van der Waals surface area contributed by atoms with E-state index >= 15 is 0 Å². The van der Waals surface area contributed by atoms with Crippen LogP contribution in [0.15, 0.2) is 18.2 Å². The van der Waals surface area contributed by atoms with Crippen LogP contribution >= 0.6 is 0 Å². The van der Waals surface area contributed by atoms with Crippen molar-refractivity contribution in [3.8, 4) is 0 Å². The van der Waals surface area contributed by atoms with Crippen LogP contribution in [0.4, 0.5) is 11.4 Å². The molecule has 4 nitrogen and oxygen atoms in total. The molecule has 4 heteroatoms. The monoisotopic (exact) mass is 290 g/mol. The summed E-state index contributed by atoms with van der Waals surface area (Å²) >= 11 is 0. The van der Waals surface area contributed by atoms with Crippen LogP contribution in [0.1, 0.15) is 44.0 Å². The van der Waals surface area contributed by atoms with Gasteiger partial charge in [-0.15, -0.1) is 0 Å². The molecule has 2 N–H and O–H groups in total. The molecule has 0 saturated carbocycles. The second kappa shape index (κ2) is 5.96. The van der Waals surface area contributed by atoms with E-state index in [1.54, 1.807) is 12.1 Å². The molecule has 0 aliphatic carbocycles. The molecule has 2 rings (SSSR count). The molecule has 0 atom stereocenters. The van der Waals surface area contributed by atoms with Crippen LogP contribution in [0.25, 0.3) is 0 Å². The topological polar surface area (TPSA) is 55.6 Å². The van der Waals surface area contributed by atoms with Crippen LogP contribution in [0.3, 0.4) is 0 Å². The van der Waals surface area contributed by atoms with E-state index in [4.69, 9.17) is 10.5 Å². The predicted octanol–water partition coefficient (Wildman–Crippen LogP) is 3.32. The van der Waals surface area contributed by atoms with Crippen LogP contribution < -0.4 is 10.6 Å². The number of carbonyl (C=O) groups excluding carboxylic acids is 1. The first-order valence-corrected chi connectivity index (χ1v) is 7.55. The second-order valence-corrected chi connectivity index (χ2v) is 6.89. The lowest BCUT2D eigenvalue weighted by molar-refractivity contribution is 0.0601. The third kappa shape index (κ3) is 3.49. The Hall–Kier alpha value is -1.71. The molecule has 1 heterocycles. The Kier molecular flexibility index (Phi) is 4.45. The molecule has 116 valence electrons. The van der Waals surface area contributed by atoms with Gasteiger partial charge in [0.25, 0.3) is 0 Å². The lowest BCUT2D eigenvalue weighted by Gasteiger charge is -2.40. The number of nitrogens with zero attached hydrogens (tertiary/aromatic N) is 1. The van der Waals surface area contributed by atoms with E-state index in [2.05, 4.69) is 25.7 Å². The number of hydrogen-bond acceptors (Lipinski definition) is 4. The summed E-state index contributed by atoms with van der Waals surface area (Å²) < 4.78 is 4.78. The zero-order valence-electron chi connectivity index (χ0n) is 13.5. The largest absolute Gasteiger partial charge is 0.465 e. The van der Waals surface area contributed by atoms with Crippen molar-refractivity contribution in [3.05, 3.63) is 23.8 Å². The number of rotatable bonds is 2. The van der Waals surface area contributed by atoms with E-state index in [0.717, 1.165) is 43.2 Å². The normalized spacial score (nSPS) is 16.9. The number of benzene rings is 1. The Morgan fingerprint density at radius 2 is 1.90 bits per heavy atom. The van der Waals surface area contributed by atoms with Gasteiger partial charge in [0.05, 0.1) is 24.0 Å². The number of piperidine rings is 1. The second-order valence-electron chi connectivity index (χ2n) is 6.89. The average Bonchev–Trinajstić information content (AvgIpc) is 2.46. The van der Waals surface area contributed by atoms with Crippen LogP contribution in [0.2, 0.25) is 0 Å². The number of hydrogen-bond donors (Lipinski definition) is 1. The van der Waals surface area contributed by atoms with E-state index in [-0.39, 0.29) is 5.97 Å². The van der Waals surface area contributed by atoms with Gasteiger partial charge in [-0.05, 0) is 42.4 Å². The molecule has 0 unspecified atom stereocenters. The molecule has 0 amide bonds. The smallest absolute Gasteiger partial charge is 0.337 e. The number of esters is 1. The van der Waals surface area contributed by atoms with Gasteiger partial charge in [-0.2, -0.15) is 0 Å². The van der Waals surface area contributed by atoms with Crippen LogP contribution in [-0.4, -0.2) is 26.2 Å². The van der Waals surface area contributed by atoms with Crippen LogP contribution in [-0.2, 0) is 4.74 Å². The van der Waals surface area contributed by atoms with Crippen LogP contribution in [0, 0.1) is 11.3 Å². The highest BCUT2D eigenvalue weighted by Crippen LogP contribution is 2.36. The van der Waals surface area contributed by atoms with Gasteiger partial charge >= 0.3 is 5.97 Å². The minimum atomic E-state index is -0.319. The molecule has 1 aliphatic heterocycles. The van der Waals surface area contributed by atoms with E-state index in [9.17, 15) is 4.79 Å². The summed E-state index contributed by atoms with van der Waals surface area (Å²) in [6, 6.07) is 5.35. The Morgan fingerprint density at radius 3 is 2.43 bits per heavy atom. The van der Waals surface area contributed by atoms with E-state index in [1.807, 2.05) is 6.07 Å². The molecular formula is C17H26N2O2. The van der Waals surface area contributed by atoms with Gasteiger partial charge in [-0.3, -0.25) is 0 Å². The molecular weight excluding hydrogens is 264 g/mol. The van der Waals surface area contributed by atoms with E-state index in [0.29, 0.717) is 11.0 Å². The summed E-state index contributed by atoms with van der Waals surface area (Å²) in [7, 11) is 1.40. The molecule has 1 aliphatic rings. The fourth-order valence-corrected chi connectivity index (χ4v) is 3.05. The van der Waals surface area contributed by atoms with Crippen molar-refractivity contribution in [3.63, 3.8) is 0 Å². The van der Waals surface area contributed by atoms with Crippen molar-refractivity contribution in [1.29, 1.82) is 0 Å². The molecule has 1 aromatic rings. The number of anilines is 2. The van der Waals surface area contributed by atoms with Gasteiger partial charge in [-0.25, -0.2) is 4.79 Å². The molecule has 21 heavy (non-hydrogen) atoms. The molecule has 1 aromatic carbocycles. The lowest BCUT2D eigenvalue weighted by Crippen LogP contribution is -2.38. The summed E-state index contributed by atoms with van der Waals surface area (Å²) in [5, 5.41) is 0. The first-order chi connectivity index (χ1) is 9.82. The Balaban J connectivity index is 2.15. The molecule has 0 aromatic heterocycles. The first-order valence-electron chi connectivity index (χ1n) is 7.55. The molecule has 0 spiro atoms. The fraction of sp³-hybridized carbons (Fsp3) is 0.588. The highest BCUT2D eigenvalue weighted by atomic mass is 16.5. The highest BCUT2D eigenvalue weighted by molar-refractivity contribution is 5.92. The first kappa shape index (κ1) is 15.7. The maximum atomic E-state index is 11.7. The highest BCUT2D eigenvalue weighted by Gasteiger charge is 2.29. The van der Waals surface area contributed by atoms with Crippen molar-refractivity contribution in [1.82, 2.24) is 0 Å². The van der Waals surface area contributed by atoms with Crippen molar-refractivity contribution in [2.45, 2.75) is 33.6 Å². The van der Waals surface area contributed by atoms with Gasteiger partial charge < -0.3 is 15.4 Å². The minimum absolute atomic E-state index is 0.319. The standard InChI is InChI=1S/C17H26N2O2/c1-17(2,3)13-7-9-19(10-8-13)15-11-12(16(20)21-4)5-6-14(15)18/h5-6,11,13H,7-10,18H2,1-4H3. The summed E-state index contributed by atoms with van der Waals surface area (Å²) in [5.74, 6) is 0.416. The Morgan fingerprint density at radius 1 is 1.29 bits per heavy atom. The van der Waals surface area contributed by atoms with E-state index in [1.165, 1.54) is 7.11 Å². The maximum absolute atomic E-state index is 11.7. The quantitative estimate of drug-likeness (QED) is 0.670. The summed E-state index contributed by atoms with van der Waals surface area (Å²) in [5.41, 5.74) is 8.67. The molecule has 0 bridgehead atoms. The Bertz CT molecular complexity index is 512.